The van der Waals surface area contributed by atoms with Crippen LogP contribution in [0.2, 0.25) is 0 Å². The summed E-state index contributed by atoms with van der Waals surface area (Å²) in [6.45, 7) is 0. The van der Waals surface area contributed by atoms with Crippen LogP contribution < -0.4 is 4.74 Å². The van der Waals surface area contributed by atoms with E-state index in [2.05, 4.69) is 4.98 Å². The summed E-state index contributed by atoms with van der Waals surface area (Å²) in [7, 11) is 0. The van der Waals surface area contributed by atoms with Crippen molar-refractivity contribution in [1.82, 2.24) is 4.98 Å². The van der Waals surface area contributed by atoms with E-state index in [-0.39, 0.29) is 5.97 Å². The number of ether oxygens (including phenoxy) is 1. The number of hydrogen-bond acceptors (Lipinski definition) is 4. The first-order valence-electron chi connectivity index (χ1n) is 6.75. The Labute approximate surface area is 132 Å². The van der Waals surface area contributed by atoms with Gasteiger partial charge in [-0.3, -0.25) is 4.98 Å². The molecule has 3 rings (SSSR count). The molecule has 0 aliphatic heterocycles. The van der Waals surface area contributed by atoms with Crippen LogP contribution in [-0.4, -0.2) is 11.0 Å². The van der Waals surface area contributed by atoms with E-state index in [4.69, 9.17) is 4.74 Å². The predicted molar refractivity (Wildman–Crippen MR) is 88.9 cm³/mol. The minimum atomic E-state index is -0.324. The second kappa shape index (κ2) is 6.83. The highest BCUT2D eigenvalue weighted by Gasteiger charge is 2.08. The van der Waals surface area contributed by atoms with E-state index in [1.165, 1.54) is 11.3 Å². The van der Waals surface area contributed by atoms with Gasteiger partial charge < -0.3 is 4.74 Å². The minimum Gasteiger partial charge on any atom is -0.422 e. The molecule has 0 unspecified atom stereocenters. The Morgan fingerprint density at radius 3 is 2.27 bits per heavy atom. The molecule has 0 N–H and O–H groups in total. The average molecular weight is 307 g/mol. The quantitative estimate of drug-likeness (QED) is 0.525. The molecule has 0 saturated carbocycles. The van der Waals surface area contributed by atoms with Gasteiger partial charge in [0.1, 0.15) is 10.6 Å². The number of thiophene rings is 1. The molecular weight excluding hydrogens is 294 g/mol. The van der Waals surface area contributed by atoms with E-state index >= 15 is 0 Å². The normalized spacial score (nSPS) is 10.7. The van der Waals surface area contributed by atoms with Crippen molar-refractivity contribution in [1.29, 1.82) is 0 Å². The van der Waals surface area contributed by atoms with E-state index in [0.29, 0.717) is 10.6 Å². The largest absolute Gasteiger partial charge is 0.422 e. The first-order valence-corrected chi connectivity index (χ1v) is 7.63. The van der Waals surface area contributed by atoms with Crippen molar-refractivity contribution in [3.63, 3.8) is 0 Å². The molecule has 3 nitrogen and oxygen atoms in total. The standard InChI is InChI=1S/C18H13NO2S/c20-18(17-2-1-13-22-17)21-16-7-5-14(6-8-16)3-4-15-9-11-19-12-10-15/h1-13H/b4-3+. The van der Waals surface area contributed by atoms with Crippen molar-refractivity contribution < 1.29 is 9.53 Å². The van der Waals surface area contributed by atoms with Gasteiger partial charge in [-0.25, -0.2) is 4.79 Å². The molecule has 0 fully saturated rings. The van der Waals surface area contributed by atoms with Gasteiger partial charge in [0.05, 0.1) is 0 Å². The van der Waals surface area contributed by atoms with E-state index in [9.17, 15) is 4.79 Å². The molecule has 4 heteroatoms. The fourth-order valence-electron chi connectivity index (χ4n) is 1.87. The first kappa shape index (κ1) is 14.2. The van der Waals surface area contributed by atoms with Crippen LogP contribution in [-0.2, 0) is 0 Å². The third-order valence-electron chi connectivity index (χ3n) is 2.99. The molecule has 0 spiro atoms. The molecule has 0 bridgehead atoms. The first-order chi connectivity index (χ1) is 10.8. The lowest BCUT2D eigenvalue weighted by Crippen LogP contribution is -2.05. The van der Waals surface area contributed by atoms with Gasteiger partial charge in [-0.2, -0.15) is 0 Å². The van der Waals surface area contributed by atoms with Crippen LogP contribution in [0.1, 0.15) is 20.8 Å². The zero-order chi connectivity index (χ0) is 15.2. The maximum absolute atomic E-state index is 11.8. The van der Waals surface area contributed by atoms with Crippen LogP contribution in [0.3, 0.4) is 0 Å². The number of pyridine rings is 1. The summed E-state index contributed by atoms with van der Waals surface area (Å²) in [5.74, 6) is 0.217. The summed E-state index contributed by atoms with van der Waals surface area (Å²) in [6.07, 6.45) is 7.52. The Bertz CT molecular complexity index is 763. The van der Waals surface area contributed by atoms with E-state index in [0.717, 1.165) is 11.1 Å². The number of esters is 1. The van der Waals surface area contributed by atoms with E-state index in [1.54, 1.807) is 30.6 Å². The van der Waals surface area contributed by atoms with Crippen molar-refractivity contribution in [2.75, 3.05) is 0 Å². The number of carbonyl (C=O) groups excluding carboxylic acids is 1. The molecule has 22 heavy (non-hydrogen) atoms. The molecule has 0 amide bonds. The van der Waals surface area contributed by atoms with Gasteiger partial charge >= 0.3 is 5.97 Å². The molecule has 0 aliphatic rings. The average Bonchev–Trinajstić information content (AvgIpc) is 3.10. The molecule has 2 aromatic heterocycles. The maximum Gasteiger partial charge on any atom is 0.353 e. The summed E-state index contributed by atoms with van der Waals surface area (Å²) >= 11 is 1.37. The van der Waals surface area contributed by atoms with Crippen molar-refractivity contribution in [2.45, 2.75) is 0 Å². The zero-order valence-corrected chi connectivity index (χ0v) is 12.5. The van der Waals surface area contributed by atoms with Gasteiger partial charge in [0.2, 0.25) is 0 Å². The second-order valence-electron chi connectivity index (χ2n) is 4.55. The number of carbonyl (C=O) groups is 1. The van der Waals surface area contributed by atoms with E-state index < -0.39 is 0 Å². The smallest absolute Gasteiger partial charge is 0.353 e. The summed E-state index contributed by atoms with van der Waals surface area (Å²) in [4.78, 5) is 16.4. The van der Waals surface area contributed by atoms with Gasteiger partial charge in [0.25, 0.3) is 0 Å². The Morgan fingerprint density at radius 2 is 1.64 bits per heavy atom. The second-order valence-corrected chi connectivity index (χ2v) is 5.50. The molecule has 0 aliphatic carbocycles. The lowest BCUT2D eigenvalue weighted by molar-refractivity contribution is 0.0740. The third kappa shape index (κ3) is 3.68. The Kier molecular flexibility index (Phi) is 4.41. The van der Waals surface area contributed by atoms with Crippen molar-refractivity contribution in [2.24, 2.45) is 0 Å². The summed E-state index contributed by atoms with van der Waals surface area (Å²) in [6, 6.07) is 14.9. The predicted octanol–water partition coefficient (Wildman–Crippen LogP) is 4.53. The number of benzene rings is 1. The molecule has 108 valence electrons. The van der Waals surface area contributed by atoms with Crippen molar-refractivity contribution in [3.8, 4) is 5.75 Å². The third-order valence-corrected chi connectivity index (χ3v) is 3.84. The minimum absolute atomic E-state index is 0.324. The number of aromatic nitrogens is 1. The van der Waals surface area contributed by atoms with Crippen LogP contribution >= 0.6 is 11.3 Å². The van der Waals surface area contributed by atoms with Gasteiger partial charge in [0.15, 0.2) is 0 Å². The number of nitrogens with zero attached hydrogens (tertiary/aromatic N) is 1. The summed E-state index contributed by atoms with van der Waals surface area (Å²) < 4.78 is 5.32. The summed E-state index contributed by atoms with van der Waals surface area (Å²) in [5.41, 5.74) is 2.12. The molecule has 0 saturated heterocycles. The van der Waals surface area contributed by atoms with Gasteiger partial charge in [0, 0.05) is 12.4 Å². The molecule has 0 atom stereocenters. The topological polar surface area (TPSA) is 39.2 Å². The number of rotatable bonds is 4. The highest BCUT2D eigenvalue weighted by molar-refractivity contribution is 7.12. The lowest BCUT2D eigenvalue weighted by atomic mass is 10.1. The van der Waals surface area contributed by atoms with Crippen LogP contribution in [0.5, 0.6) is 5.75 Å². The van der Waals surface area contributed by atoms with Crippen LogP contribution in [0.25, 0.3) is 12.2 Å². The fraction of sp³-hybridized carbons (Fsp3) is 0. The highest BCUT2D eigenvalue weighted by Crippen LogP contribution is 2.17. The molecule has 1 aromatic carbocycles. The van der Waals surface area contributed by atoms with Crippen LogP contribution in [0.15, 0.2) is 66.3 Å². The molecule has 3 aromatic rings. The van der Waals surface area contributed by atoms with E-state index in [1.807, 2.05) is 47.9 Å². The zero-order valence-electron chi connectivity index (χ0n) is 11.7. The Hall–Kier alpha value is -2.72. The van der Waals surface area contributed by atoms with Crippen molar-refractivity contribution in [3.05, 3.63) is 82.3 Å². The fourth-order valence-corrected chi connectivity index (χ4v) is 2.46. The Balaban J connectivity index is 1.65. The lowest BCUT2D eigenvalue weighted by Gasteiger charge is -2.03. The highest BCUT2D eigenvalue weighted by atomic mass is 32.1. The molecule has 0 radical (unpaired) electrons. The van der Waals surface area contributed by atoms with Gasteiger partial charge in [-0.15, -0.1) is 11.3 Å². The maximum atomic E-state index is 11.8. The van der Waals surface area contributed by atoms with Crippen molar-refractivity contribution >= 4 is 29.5 Å². The van der Waals surface area contributed by atoms with Gasteiger partial charge in [-0.05, 0) is 46.8 Å². The monoisotopic (exact) mass is 307 g/mol. The molecule has 2 heterocycles. The number of hydrogen-bond donors (Lipinski definition) is 0. The SMILES string of the molecule is O=C(Oc1ccc(/C=C/c2ccncc2)cc1)c1cccs1. The van der Waals surface area contributed by atoms with Crippen LogP contribution in [0, 0.1) is 0 Å². The van der Waals surface area contributed by atoms with Crippen LogP contribution in [0.4, 0.5) is 0 Å². The molecular formula is C18H13NO2S. The van der Waals surface area contributed by atoms with Gasteiger partial charge in [-0.1, -0.05) is 30.4 Å². The summed E-state index contributed by atoms with van der Waals surface area (Å²) in [5, 5.41) is 1.85. The Morgan fingerprint density at radius 1 is 0.955 bits per heavy atom.